The van der Waals surface area contributed by atoms with Crippen LogP contribution >= 0.6 is 23.5 Å². The summed E-state index contributed by atoms with van der Waals surface area (Å²) in [5, 5.41) is 0. The third-order valence-electron chi connectivity index (χ3n) is 3.30. The van der Waals surface area contributed by atoms with Crippen molar-refractivity contribution < 1.29 is 23.1 Å². The molecule has 1 aromatic rings. The molecule has 0 N–H and O–H groups in total. The minimum absolute atomic E-state index is 0.0252. The second-order valence-corrected chi connectivity index (χ2v) is 9.16. The lowest BCUT2D eigenvalue weighted by Crippen LogP contribution is -2.21. The smallest absolute Gasteiger partial charge is 0.338 e. The van der Waals surface area contributed by atoms with E-state index in [4.69, 9.17) is 13.8 Å². The van der Waals surface area contributed by atoms with E-state index in [1.165, 1.54) is 0 Å². The zero-order valence-corrected chi connectivity index (χ0v) is 16.2. The van der Waals surface area contributed by atoms with Gasteiger partial charge in [0.2, 0.25) is 0 Å². The molecule has 0 amide bonds. The van der Waals surface area contributed by atoms with Gasteiger partial charge in [0.15, 0.2) is 0 Å². The third-order valence-corrected chi connectivity index (χ3v) is 6.53. The summed E-state index contributed by atoms with van der Waals surface area (Å²) < 4.78 is 31.0. The molecule has 0 aliphatic carbocycles. The van der Waals surface area contributed by atoms with E-state index in [0.29, 0.717) is 0 Å². The maximum Gasteiger partial charge on any atom is 0.338 e. The first kappa shape index (κ1) is 18.7. The Balaban J connectivity index is 2.36. The van der Waals surface area contributed by atoms with Crippen molar-refractivity contribution in [2.45, 2.75) is 58.1 Å². The first-order valence-corrected chi connectivity index (χ1v) is 10.0. The van der Waals surface area contributed by atoms with Crippen molar-refractivity contribution in [3.05, 3.63) is 34.3 Å². The van der Waals surface area contributed by atoms with Gasteiger partial charge in [0.25, 0.3) is 0 Å². The summed E-state index contributed by atoms with van der Waals surface area (Å²) in [6.45, 7) is 7.18. The van der Waals surface area contributed by atoms with Crippen LogP contribution in [-0.4, -0.2) is 23.8 Å². The van der Waals surface area contributed by atoms with Gasteiger partial charge >= 0.3 is 13.6 Å². The van der Waals surface area contributed by atoms with Crippen molar-refractivity contribution in [3.8, 4) is 0 Å². The highest BCUT2D eigenvalue weighted by molar-refractivity contribution is 9.10. The Labute approximate surface area is 145 Å². The second-order valence-electron chi connectivity index (χ2n) is 6.08. The van der Waals surface area contributed by atoms with Gasteiger partial charge in [0, 0.05) is 4.47 Å². The number of halogens is 1. The van der Waals surface area contributed by atoms with Crippen LogP contribution < -0.4 is 0 Å². The number of hydrogen-bond donors (Lipinski definition) is 0. The standard InChI is InChI=1S/C16H22BrO5P/c1-10(2)21-23(19,22-11(3)4)14-9-15(18)20-16(14)12-5-7-13(17)8-6-12/h5-8,10-11,14,16H,9H2,1-4H3/t14-,16+/m1/s1. The number of cyclic esters (lactones) is 1. The lowest BCUT2D eigenvalue weighted by molar-refractivity contribution is -0.141. The summed E-state index contributed by atoms with van der Waals surface area (Å²) >= 11 is 3.37. The second kappa shape index (κ2) is 7.47. The van der Waals surface area contributed by atoms with Crippen molar-refractivity contribution in [1.29, 1.82) is 0 Å². The Morgan fingerprint density at radius 3 is 2.13 bits per heavy atom. The highest BCUT2D eigenvalue weighted by Crippen LogP contribution is 2.62. The molecule has 23 heavy (non-hydrogen) atoms. The quantitative estimate of drug-likeness (QED) is 0.500. The molecule has 0 radical (unpaired) electrons. The molecule has 128 valence electrons. The fraction of sp³-hybridized carbons (Fsp3) is 0.562. The van der Waals surface area contributed by atoms with E-state index in [9.17, 15) is 9.36 Å². The first-order chi connectivity index (χ1) is 10.7. The van der Waals surface area contributed by atoms with Crippen LogP contribution in [0.25, 0.3) is 0 Å². The van der Waals surface area contributed by atoms with Crippen LogP contribution in [0, 0.1) is 0 Å². The summed E-state index contributed by atoms with van der Waals surface area (Å²) in [4.78, 5) is 11.9. The van der Waals surface area contributed by atoms with E-state index in [-0.39, 0.29) is 24.6 Å². The average molecular weight is 405 g/mol. The van der Waals surface area contributed by atoms with E-state index in [0.717, 1.165) is 10.0 Å². The maximum absolute atomic E-state index is 13.3. The molecule has 1 aliphatic heterocycles. The molecule has 0 bridgehead atoms. The molecule has 0 unspecified atom stereocenters. The number of carbonyl (C=O) groups is 1. The number of hydrogen-bond acceptors (Lipinski definition) is 5. The minimum Gasteiger partial charge on any atom is -0.456 e. The summed E-state index contributed by atoms with van der Waals surface area (Å²) in [7, 11) is -3.51. The Morgan fingerprint density at radius 1 is 1.13 bits per heavy atom. The lowest BCUT2D eigenvalue weighted by Gasteiger charge is -2.29. The molecular formula is C16H22BrO5P. The summed E-state index contributed by atoms with van der Waals surface area (Å²) in [5.74, 6) is -0.386. The van der Waals surface area contributed by atoms with Crippen LogP contribution in [-0.2, 0) is 23.1 Å². The summed E-state index contributed by atoms with van der Waals surface area (Å²) in [5.41, 5.74) is 0.143. The van der Waals surface area contributed by atoms with Gasteiger partial charge in [0.05, 0.1) is 18.6 Å². The molecule has 1 saturated heterocycles. The minimum atomic E-state index is -3.51. The van der Waals surface area contributed by atoms with Gasteiger partial charge in [-0.3, -0.25) is 9.36 Å². The number of benzene rings is 1. The average Bonchev–Trinajstić information content (AvgIpc) is 2.80. The molecule has 2 atom stereocenters. The summed E-state index contributed by atoms with van der Waals surface area (Å²) in [6, 6.07) is 7.40. The number of carbonyl (C=O) groups excluding carboxylic acids is 1. The van der Waals surface area contributed by atoms with Gasteiger partial charge in [-0.15, -0.1) is 0 Å². The maximum atomic E-state index is 13.3. The van der Waals surface area contributed by atoms with Crippen LogP contribution in [0.3, 0.4) is 0 Å². The van der Waals surface area contributed by atoms with Crippen molar-refractivity contribution in [3.63, 3.8) is 0 Å². The fourth-order valence-corrected chi connectivity index (χ4v) is 5.27. The van der Waals surface area contributed by atoms with Gasteiger partial charge in [-0.05, 0) is 45.4 Å². The van der Waals surface area contributed by atoms with Gasteiger partial charge in [-0.2, -0.15) is 0 Å². The molecule has 0 spiro atoms. The number of esters is 1. The van der Waals surface area contributed by atoms with Crippen molar-refractivity contribution in [2.75, 3.05) is 0 Å². The molecule has 7 heteroatoms. The van der Waals surface area contributed by atoms with E-state index >= 15 is 0 Å². The van der Waals surface area contributed by atoms with E-state index in [1.807, 2.05) is 24.3 Å². The van der Waals surface area contributed by atoms with Crippen LogP contribution in [0.15, 0.2) is 28.7 Å². The van der Waals surface area contributed by atoms with Crippen LogP contribution in [0.1, 0.15) is 45.8 Å². The van der Waals surface area contributed by atoms with E-state index < -0.39 is 19.4 Å². The SMILES string of the molecule is CC(C)OP(=O)(OC(C)C)[C@@H]1CC(=O)O[C@H]1c1ccc(Br)cc1. The zero-order chi connectivity index (χ0) is 17.2. The van der Waals surface area contributed by atoms with Gasteiger partial charge < -0.3 is 13.8 Å². The third kappa shape index (κ3) is 4.66. The molecule has 0 aromatic heterocycles. The number of rotatable bonds is 6. The van der Waals surface area contributed by atoms with Crippen molar-refractivity contribution in [1.82, 2.24) is 0 Å². The Kier molecular flexibility index (Phi) is 6.06. The van der Waals surface area contributed by atoms with Gasteiger partial charge in [0.1, 0.15) is 11.8 Å². The highest BCUT2D eigenvalue weighted by Gasteiger charge is 2.50. The Hall–Kier alpha value is -0.680. The van der Waals surface area contributed by atoms with E-state index in [1.54, 1.807) is 27.7 Å². The van der Waals surface area contributed by atoms with Crippen molar-refractivity contribution >= 4 is 29.5 Å². The normalized spacial score (nSPS) is 22.0. The Bertz CT molecular complexity index is 585. The topological polar surface area (TPSA) is 61.8 Å². The predicted molar refractivity (Wildman–Crippen MR) is 91.4 cm³/mol. The summed E-state index contributed by atoms with van der Waals surface area (Å²) in [6.07, 6.45) is -1.15. The molecule has 0 saturated carbocycles. The predicted octanol–water partition coefficient (Wildman–Crippen LogP) is 4.85. The van der Waals surface area contributed by atoms with Crippen molar-refractivity contribution in [2.24, 2.45) is 0 Å². The van der Waals surface area contributed by atoms with E-state index in [2.05, 4.69) is 15.9 Å². The van der Waals surface area contributed by atoms with Crippen LogP contribution in [0.2, 0.25) is 0 Å². The molecular weight excluding hydrogens is 383 g/mol. The zero-order valence-electron chi connectivity index (χ0n) is 13.7. The molecule has 1 aliphatic rings. The largest absolute Gasteiger partial charge is 0.456 e. The van der Waals surface area contributed by atoms with Gasteiger partial charge in [-0.1, -0.05) is 28.1 Å². The first-order valence-electron chi connectivity index (χ1n) is 7.62. The lowest BCUT2D eigenvalue weighted by atomic mass is 10.1. The van der Waals surface area contributed by atoms with Crippen LogP contribution in [0.5, 0.6) is 0 Å². The molecule has 5 nitrogen and oxygen atoms in total. The molecule has 1 aromatic carbocycles. The van der Waals surface area contributed by atoms with Crippen LogP contribution in [0.4, 0.5) is 0 Å². The monoisotopic (exact) mass is 404 g/mol. The molecule has 1 heterocycles. The van der Waals surface area contributed by atoms with Gasteiger partial charge in [-0.25, -0.2) is 0 Å². The Morgan fingerprint density at radius 2 is 1.65 bits per heavy atom. The molecule has 2 rings (SSSR count). The molecule has 1 fully saturated rings. The fourth-order valence-electron chi connectivity index (χ4n) is 2.54. The highest BCUT2D eigenvalue weighted by atomic mass is 79.9. The number of ether oxygens (including phenoxy) is 1.